The van der Waals surface area contributed by atoms with E-state index in [1.165, 1.54) is 5.57 Å². The lowest BCUT2D eigenvalue weighted by Crippen LogP contribution is -2.56. The van der Waals surface area contributed by atoms with E-state index in [0.29, 0.717) is 36.2 Å². The molecule has 1 aliphatic heterocycles. The molecule has 4 nitrogen and oxygen atoms in total. The molecule has 0 radical (unpaired) electrons. The number of rotatable bonds is 3. The molecule has 2 fully saturated rings. The first-order valence-corrected chi connectivity index (χ1v) is 13.5. The van der Waals surface area contributed by atoms with Gasteiger partial charge in [0.25, 0.3) is 0 Å². The topological polar surface area (TPSA) is 60.4 Å². The lowest BCUT2D eigenvalue weighted by molar-refractivity contribution is -0.143. The number of hydrogen-bond donors (Lipinski definition) is 0. The normalized spacial score (nSPS) is 44.3. The van der Waals surface area contributed by atoms with Crippen molar-refractivity contribution in [3.8, 4) is 0 Å². The molecular weight excluding hydrogens is 424 g/mol. The summed E-state index contributed by atoms with van der Waals surface area (Å²) < 4.78 is 5.58. The van der Waals surface area contributed by atoms with Crippen LogP contribution in [0.4, 0.5) is 0 Å². The van der Waals surface area contributed by atoms with E-state index in [0.717, 1.165) is 49.7 Å². The largest absolute Gasteiger partial charge is 0.455 e. The van der Waals surface area contributed by atoms with Crippen LogP contribution in [0.1, 0.15) is 99.8 Å². The van der Waals surface area contributed by atoms with Gasteiger partial charge in [-0.3, -0.25) is 9.59 Å². The summed E-state index contributed by atoms with van der Waals surface area (Å²) in [6.07, 6.45) is 8.99. The minimum absolute atomic E-state index is 0.0466. The van der Waals surface area contributed by atoms with Crippen molar-refractivity contribution >= 4 is 17.5 Å². The fourth-order valence-corrected chi connectivity index (χ4v) is 9.38. The SMILES string of the molecule is CC1=C[C@@H](C[C@@H](C)[C@H]2CC[C@@]3(C)C4=C(CC[C@]23C)[C@@]2(C)CCC(=O)C(C)(C)[C@@H]2CC4=O)OC1=O. The van der Waals surface area contributed by atoms with Crippen molar-refractivity contribution in [3.05, 3.63) is 22.8 Å². The van der Waals surface area contributed by atoms with Gasteiger partial charge >= 0.3 is 5.97 Å². The predicted molar refractivity (Wildman–Crippen MR) is 132 cm³/mol. The van der Waals surface area contributed by atoms with Crippen LogP contribution in [0.25, 0.3) is 0 Å². The van der Waals surface area contributed by atoms with E-state index in [4.69, 9.17) is 4.74 Å². The van der Waals surface area contributed by atoms with E-state index in [1.807, 2.05) is 13.0 Å². The Kier molecular flexibility index (Phi) is 5.22. The summed E-state index contributed by atoms with van der Waals surface area (Å²) in [6.45, 7) is 15.5. The summed E-state index contributed by atoms with van der Waals surface area (Å²) in [5.41, 5.74) is 2.72. The van der Waals surface area contributed by atoms with Crippen molar-refractivity contribution in [2.45, 2.75) is 106 Å². The molecule has 0 bridgehead atoms. The first kappa shape index (κ1) is 24.0. The zero-order chi connectivity index (χ0) is 24.8. The van der Waals surface area contributed by atoms with Crippen LogP contribution in [0.5, 0.6) is 0 Å². The van der Waals surface area contributed by atoms with Crippen molar-refractivity contribution in [1.29, 1.82) is 0 Å². The zero-order valence-electron chi connectivity index (χ0n) is 22.2. The highest BCUT2D eigenvalue weighted by molar-refractivity contribution is 6.00. The second kappa shape index (κ2) is 7.40. The number of fused-ring (bicyclic) bond motifs is 4. The molecule has 5 rings (SSSR count). The van der Waals surface area contributed by atoms with Crippen molar-refractivity contribution in [2.75, 3.05) is 0 Å². The van der Waals surface area contributed by atoms with Gasteiger partial charge in [0.15, 0.2) is 5.78 Å². The zero-order valence-corrected chi connectivity index (χ0v) is 22.2. The van der Waals surface area contributed by atoms with E-state index in [1.54, 1.807) is 0 Å². The van der Waals surface area contributed by atoms with Crippen molar-refractivity contribution in [1.82, 2.24) is 0 Å². The third kappa shape index (κ3) is 2.99. The van der Waals surface area contributed by atoms with Crippen LogP contribution in [-0.4, -0.2) is 23.6 Å². The number of allylic oxidation sites excluding steroid dienone is 2. The lowest BCUT2D eigenvalue weighted by atomic mass is 9.43. The second-order valence-corrected chi connectivity index (χ2v) is 13.5. The monoisotopic (exact) mass is 466 g/mol. The van der Waals surface area contributed by atoms with Gasteiger partial charge in [0.1, 0.15) is 11.9 Å². The number of ketones is 2. The minimum Gasteiger partial charge on any atom is -0.455 e. The third-order valence-electron chi connectivity index (χ3n) is 11.7. The first-order valence-electron chi connectivity index (χ1n) is 13.5. The summed E-state index contributed by atoms with van der Waals surface area (Å²) in [6, 6.07) is 0. The van der Waals surface area contributed by atoms with Crippen LogP contribution in [0, 0.1) is 39.4 Å². The fraction of sp³-hybridized carbons (Fsp3) is 0.767. The average molecular weight is 467 g/mol. The van der Waals surface area contributed by atoms with Crippen LogP contribution >= 0.6 is 0 Å². The van der Waals surface area contributed by atoms with Crippen LogP contribution in [0.15, 0.2) is 22.8 Å². The summed E-state index contributed by atoms with van der Waals surface area (Å²) in [5, 5.41) is 0. The molecule has 0 amide bonds. The van der Waals surface area contributed by atoms with Gasteiger partial charge in [0.2, 0.25) is 0 Å². The average Bonchev–Trinajstić information content (AvgIpc) is 3.21. The quantitative estimate of drug-likeness (QED) is 0.453. The molecule has 2 saturated carbocycles. The summed E-state index contributed by atoms with van der Waals surface area (Å²) in [7, 11) is 0. The second-order valence-electron chi connectivity index (χ2n) is 13.5. The van der Waals surface area contributed by atoms with Gasteiger partial charge in [-0.05, 0) is 80.1 Å². The van der Waals surface area contributed by atoms with Crippen LogP contribution in [0.3, 0.4) is 0 Å². The van der Waals surface area contributed by atoms with E-state index in [9.17, 15) is 14.4 Å². The van der Waals surface area contributed by atoms with Gasteiger partial charge in [0, 0.05) is 34.8 Å². The molecule has 1 heterocycles. The lowest BCUT2D eigenvalue weighted by Gasteiger charge is -2.60. The van der Waals surface area contributed by atoms with Gasteiger partial charge in [-0.25, -0.2) is 4.79 Å². The van der Waals surface area contributed by atoms with Gasteiger partial charge < -0.3 is 4.74 Å². The maximum Gasteiger partial charge on any atom is 0.334 e. The number of ether oxygens (including phenoxy) is 1. The number of cyclic esters (lactones) is 1. The molecule has 34 heavy (non-hydrogen) atoms. The molecule has 0 unspecified atom stereocenters. The third-order valence-corrected chi connectivity index (χ3v) is 11.7. The standard InChI is InChI=1S/C30H42O4/c1-17(14-19-15-18(2)26(33)34-19)20-8-13-30(7)25-21(9-12-29(20,30)6)28(5)11-10-24(32)27(3,4)23(28)16-22(25)31/h15,17,19-20,23H,8-14,16H2,1-7H3/t17-,19-,20-,23+,28-,29-,30+/m1/s1. The Morgan fingerprint density at radius 3 is 2.38 bits per heavy atom. The fourth-order valence-electron chi connectivity index (χ4n) is 9.38. The molecule has 0 aromatic carbocycles. The summed E-state index contributed by atoms with van der Waals surface area (Å²) in [4.78, 5) is 38.6. The van der Waals surface area contributed by atoms with Crippen molar-refractivity contribution in [2.24, 2.45) is 39.4 Å². The van der Waals surface area contributed by atoms with E-state index >= 15 is 0 Å². The van der Waals surface area contributed by atoms with Gasteiger partial charge in [-0.15, -0.1) is 0 Å². The molecular formula is C30H42O4. The molecule has 0 saturated heterocycles. The van der Waals surface area contributed by atoms with Crippen LogP contribution in [0.2, 0.25) is 0 Å². The molecule has 186 valence electrons. The molecule has 0 N–H and O–H groups in total. The molecule has 0 aromatic heterocycles. The highest BCUT2D eigenvalue weighted by Gasteiger charge is 2.65. The Morgan fingerprint density at radius 1 is 1.03 bits per heavy atom. The van der Waals surface area contributed by atoms with Crippen molar-refractivity contribution in [3.63, 3.8) is 0 Å². The van der Waals surface area contributed by atoms with Crippen molar-refractivity contribution < 1.29 is 19.1 Å². The van der Waals surface area contributed by atoms with E-state index < -0.39 is 5.41 Å². The number of carbonyl (C=O) groups is 3. The van der Waals surface area contributed by atoms with Crippen LogP contribution in [-0.2, 0) is 19.1 Å². The Bertz CT molecular complexity index is 1030. The number of hydrogen-bond acceptors (Lipinski definition) is 4. The molecule has 4 aliphatic carbocycles. The van der Waals surface area contributed by atoms with E-state index in [-0.39, 0.29) is 34.2 Å². The number of esters is 1. The Labute approximate surface area is 205 Å². The van der Waals surface area contributed by atoms with Gasteiger partial charge in [0.05, 0.1) is 0 Å². The molecule has 0 spiro atoms. The predicted octanol–water partition coefficient (Wildman–Crippen LogP) is 6.38. The Morgan fingerprint density at radius 2 is 1.74 bits per heavy atom. The highest BCUT2D eigenvalue weighted by atomic mass is 16.5. The van der Waals surface area contributed by atoms with E-state index in [2.05, 4.69) is 41.5 Å². The Balaban J connectivity index is 1.49. The Hall–Kier alpha value is -1.71. The summed E-state index contributed by atoms with van der Waals surface area (Å²) in [5.74, 6) is 1.49. The smallest absolute Gasteiger partial charge is 0.334 e. The maximum atomic E-state index is 13.9. The number of Topliss-reactive ketones (excluding diaryl/α,β-unsaturated/α-hetero) is 2. The first-order chi connectivity index (χ1) is 15.8. The summed E-state index contributed by atoms with van der Waals surface area (Å²) >= 11 is 0. The minimum atomic E-state index is -0.431. The number of carbonyl (C=O) groups excluding carboxylic acids is 3. The molecule has 0 aromatic rings. The van der Waals surface area contributed by atoms with Gasteiger partial charge in [-0.1, -0.05) is 47.1 Å². The maximum absolute atomic E-state index is 13.9. The van der Waals surface area contributed by atoms with Gasteiger partial charge in [-0.2, -0.15) is 0 Å². The molecule has 4 heteroatoms. The molecule has 5 aliphatic rings. The highest BCUT2D eigenvalue weighted by Crippen LogP contribution is 2.71. The molecule has 7 atom stereocenters. The van der Waals surface area contributed by atoms with Crippen LogP contribution < -0.4 is 0 Å².